The number of hydrogen-bond donors (Lipinski definition) is 1. The Hall–Kier alpha value is -2.76. The molecule has 0 radical (unpaired) electrons. The molecule has 6 heteroatoms. The lowest BCUT2D eigenvalue weighted by atomic mass is 10.2. The van der Waals surface area contributed by atoms with Crippen molar-refractivity contribution in [1.29, 1.82) is 0 Å². The highest BCUT2D eigenvalue weighted by atomic mass is 16.5. The number of anilines is 1. The Morgan fingerprint density at radius 3 is 3.09 bits per heavy atom. The number of nitrogens with zero attached hydrogens (tertiary/aromatic N) is 2. The van der Waals surface area contributed by atoms with Gasteiger partial charge in [0.15, 0.2) is 17.1 Å². The smallest absolute Gasteiger partial charge is 0.292 e. The summed E-state index contributed by atoms with van der Waals surface area (Å²) in [5, 5.41) is 8.23. The quantitative estimate of drug-likeness (QED) is 0.807. The summed E-state index contributed by atoms with van der Waals surface area (Å²) < 4.78 is 12.7. The number of aryl methyl sites for hydroxylation is 2. The maximum absolute atomic E-state index is 12.5. The predicted octanol–water partition coefficient (Wildman–Crippen LogP) is 2.92. The van der Waals surface area contributed by atoms with E-state index in [2.05, 4.69) is 10.4 Å². The van der Waals surface area contributed by atoms with Crippen molar-refractivity contribution in [3.8, 4) is 5.75 Å². The van der Waals surface area contributed by atoms with Crippen LogP contribution < -0.4 is 10.1 Å². The number of ether oxygens (including phenoxy) is 1. The number of rotatable bonds is 3. The van der Waals surface area contributed by atoms with Crippen molar-refractivity contribution < 1.29 is 13.9 Å². The van der Waals surface area contributed by atoms with Crippen molar-refractivity contribution in [2.24, 2.45) is 7.05 Å². The van der Waals surface area contributed by atoms with Crippen LogP contribution in [0.15, 0.2) is 28.7 Å². The molecule has 2 aromatic heterocycles. The summed E-state index contributed by atoms with van der Waals surface area (Å²) in [4.78, 5) is 12.5. The monoisotopic (exact) mass is 311 g/mol. The standard InChI is InChI=1S/C17H17N3O3/c1-20-16(11-6-4-7-12(11)19-20)18-17(21)14-9-10-5-3-8-13(22-2)15(10)23-14/h3,5,8-9H,4,6-7H2,1-2H3,(H,18,21). The highest BCUT2D eigenvalue weighted by molar-refractivity contribution is 6.05. The first-order valence-corrected chi connectivity index (χ1v) is 7.60. The van der Waals surface area contributed by atoms with Crippen LogP contribution in [0, 0.1) is 0 Å². The maximum Gasteiger partial charge on any atom is 0.292 e. The van der Waals surface area contributed by atoms with Crippen molar-refractivity contribution >= 4 is 22.7 Å². The molecule has 1 aliphatic rings. The van der Waals surface area contributed by atoms with Gasteiger partial charge in [-0.25, -0.2) is 0 Å². The number of hydrogen-bond acceptors (Lipinski definition) is 4. The predicted molar refractivity (Wildman–Crippen MR) is 86.0 cm³/mol. The molecule has 1 N–H and O–H groups in total. The fourth-order valence-corrected chi connectivity index (χ4v) is 3.15. The van der Waals surface area contributed by atoms with E-state index in [-0.39, 0.29) is 11.7 Å². The number of amides is 1. The van der Waals surface area contributed by atoms with Crippen LogP contribution in [0.1, 0.15) is 28.2 Å². The number of furan rings is 1. The van der Waals surface area contributed by atoms with E-state index >= 15 is 0 Å². The molecule has 0 saturated heterocycles. The molecule has 0 saturated carbocycles. The first-order chi connectivity index (χ1) is 11.2. The number of para-hydroxylation sites is 1. The van der Waals surface area contributed by atoms with Gasteiger partial charge in [0.05, 0.1) is 12.8 Å². The van der Waals surface area contributed by atoms with Crippen LogP contribution in [0.5, 0.6) is 5.75 Å². The van der Waals surface area contributed by atoms with Gasteiger partial charge in [0.25, 0.3) is 5.91 Å². The molecule has 1 amide bonds. The fraction of sp³-hybridized carbons (Fsp3) is 0.294. The zero-order valence-electron chi connectivity index (χ0n) is 13.0. The lowest BCUT2D eigenvalue weighted by molar-refractivity contribution is 0.0997. The summed E-state index contributed by atoms with van der Waals surface area (Å²) in [6.07, 6.45) is 3.01. The molecule has 0 fully saturated rings. The highest BCUT2D eigenvalue weighted by Crippen LogP contribution is 2.31. The Morgan fingerprint density at radius 2 is 2.26 bits per heavy atom. The maximum atomic E-state index is 12.5. The van der Waals surface area contributed by atoms with Gasteiger partial charge in [-0.05, 0) is 31.4 Å². The number of aromatic nitrogens is 2. The van der Waals surface area contributed by atoms with Gasteiger partial charge in [0, 0.05) is 18.0 Å². The molecule has 0 unspecified atom stereocenters. The molecule has 6 nitrogen and oxygen atoms in total. The van der Waals surface area contributed by atoms with E-state index in [1.807, 2.05) is 25.2 Å². The topological polar surface area (TPSA) is 69.3 Å². The minimum Gasteiger partial charge on any atom is -0.493 e. The Labute approximate surface area is 133 Å². The Bertz CT molecular complexity index is 907. The van der Waals surface area contributed by atoms with Gasteiger partial charge in [-0.1, -0.05) is 12.1 Å². The summed E-state index contributed by atoms with van der Waals surface area (Å²) >= 11 is 0. The normalized spacial score (nSPS) is 13.3. The highest BCUT2D eigenvalue weighted by Gasteiger charge is 2.23. The second-order valence-corrected chi connectivity index (χ2v) is 5.69. The third kappa shape index (κ3) is 2.18. The molecule has 0 bridgehead atoms. The van der Waals surface area contributed by atoms with Gasteiger partial charge in [-0.2, -0.15) is 5.10 Å². The second kappa shape index (κ2) is 5.15. The van der Waals surface area contributed by atoms with E-state index < -0.39 is 0 Å². The molecular formula is C17H17N3O3. The molecule has 0 atom stereocenters. The molecule has 1 aromatic carbocycles. The third-order valence-corrected chi connectivity index (χ3v) is 4.25. The van der Waals surface area contributed by atoms with E-state index in [1.54, 1.807) is 17.9 Å². The SMILES string of the molecule is COc1cccc2cc(C(=O)Nc3c4c(nn3C)CCC4)oc12. The number of carbonyl (C=O) groups is 1. The summed E-state index contributed by atoms with van der Waals surface area (Å²) in [6, 6.07) is 7.29. The lowest BCUT2D eigenvalue weighted by Gasteiger charge is -2.05. The third-order valence-electron chi connectivity index (χ3n) is 4.25. The van der Waals surface area contributed by atoms with Crippen molar-refractivity contribution in [3.05, 3.63) is 41.3 Å². The Morgan fingerprint density at radius 1 is 1.39 bits per heavy atom. The number of methoxy groups -OCH3 is 1. The second-order valence-electron chi connectivity index (χ2n) is 5.69. The van der Waals surface area contributed by atoms with Crippen LogP contribution >= 0.6 is 0 Å². The zero-order chi connectivity index (χ0) is 16.0. The summed E-state index contributed by atoms with van der Waals surface area (Å²) in [5.41, 5.74) is 2.79. The molecule has 0 aliphatic heterocycles. The van der Waals surface area contributed by atoms with E-state index in [4.69, 9.17) is 9.15 Å². The van der Waals surface area contributed by atoms with Gasteiger partial charge < -0.3 is 14.5 Å². The molecular weight excluding hydrogens is 294 g/mol. The van der Waals surface area contributed by atoms with Gasteiger partial charge in [0.1, 0.15) is 5.82 Å². The molecule has 4 rings (SSSR count). The van der Waals surface area contributed by atoms with Crippen molar-refractivity contribution in [2.75, 3.05) is 12.4 Å². The van der Waals surface area contributed by atoms with E-state index in [9.17, 15) is 4.79 Å². The largest absolute Gasteiger partial charge is 0.493 e. The Balaban J connectivity index is 1.68. The van der Waals surface area contributed by atoms with Crippen molar-refractivity contribution in [1.82, 2.24) is 9.78 Å². The minimum absolute atomic E-state index is 0.262. The summed E-state index contributed by atoms with van der Waals surface area (Å²) in [6.45, 7) is 0. The molecule has 118 valence electrons. The van der Waals surface area contributed by atoms with Gasteiger partial charge >= 0.3 is 0 Å². The average Bonchev–Trinajstić information content (AvgIpc) is 3.23. The van der Waals surface area contributed by atoms with E-state index in [0.29, 0.717) is 11.3 Å². The van der Waals surface area contributed by atoms with Crippen LogP contribution in [0.25, 0.3) is 11.0 Å². The van der Waals surface area contributed by atoms with Crippen molar-refractivity contribution in [2.45, 2.75) is 19.3 Å². The van der Waals surface area contributed by atoms with E-state index in [1.165, 1.54) is 0 Å². The summed E-state index contributed by atoms with van der Waals surface area (Å²) in [5.74, 6) is 1.36. The molecule has 2 heterocycles. The average molecular weight is 311 g/mol. The van der Waals surface area contributed by atoms with Crippen LogP contribution in [0.4, 0.5) is 5.82 Å². The Kier molecular flexibility index (Phi) is 3.11. The van der Waals surface area contributed by atoms with Gasteiger partial charge in [-0.3, -0.25) is 9.48 Å². The zero-order valence-corrected chi connectivity index (χ0v) is 13.0. The number of benzene rings is 1. The van der Waals surface area contributed by atoms with Crippen LogP contribution in [0.2, 0.25) is 0 Å². The molecule has 23 heavy (non-hydrogen) atoms. The fourth-order valence-electron chi connectivity index (χ4n) is 3.15. The van der Waals surface area contributed by atoms with Crippen LogP contribution in [-0.4, -0.2) is 22.8 Å². The minimum atomic E-state index is -0.277. The van der Waals surface area contributed by atoms with Gasteiger partial charge in [0.2, 0.25) is 0 Å². The van der Waals surface area contributed by atoms with Crippen LogP contribution in [0.3, 0.4) is 0 Å². The molecule has 0 spiro atoms. The lowest BCUT2D eigenvalue weighted by Crippen LogP contribution is -2.15. The number of carbonyl (C=O) groups excluding carboxylic acids is 1. The summed E-state index contributed by atoms with van der Waals surface area (Å²) in [7, 11) is 3.42. The first kappa shape index (κ1) is 13.9. The molecule has 1 aliphatic carbocycles. The van der Waals surface area contributed by atoms with Crippen molar-refractivity contribution in [3.63, 3.8) is 0 Å². The van der Waals surface area contributed by atoms with E-state index in [0.717, 1.165) is 41.7 Å². The van der Waals surface area contributed by atoms with Crippen LogP contribution in [-0.2, 0) is 19.9 Å². The first-order valence-electron chi connectivity index (χ1n) is 7.60. The van der Waals surface area contributed by atoms with Gasteiger partial charge in [-0.15, -0.1) is 0 Å². The molecule has 3 aromatic rings. The number of fused-ring (bicyclic) bond motifs is 2. The number of nitrogens with one attached hydrogen (secondary N) is 1.